The second kappa shape index (κ2) is 8.73. The molecule has 29 heavy (non-hydrogen) atoms. The Labute approximate surface area is 173 Å². The number of fused-ring (bicyclic) bond motifs is 3. The molecule has 4 nitrogen and oxygen atoms in total. The quantitative estimate of drug-likeness (QED) is 0.238. The zero-order valence-electron chi connectivity index (χ0n) is 17.7. The second-order valence-corrected chi connectivity index (χ2v) is 7.67. The largest absolute Gasteiger partial charge is 0.335 e. The van der Waals surface area contributed by atoms with Gasteiger partial charge in [-0.25, -0.2) is 4.79 Å². The summed E-state index contributed by atoms with van der Waals surface area (Å²) in [7, 11) is 0. The molecule has 2 aromatic carbocycles. The highest BCUT2D eigenvalue weighted by Gasteiger charge is 2.40. The fourth-order valence-corrected chi connectivity index (χ4v) is 4.34. The van der Waals surface area contributed by atoms with Gasteiger partial charge in [0.1, 0.15) is 5.71 Å². The molecule has 3 rings (SSSR count). The van der Waals surface area contributed by atoms with Crippen LogP contribution in [0.5, 0.6) is 0 Å². The maximum absolute atomic E-state index is 12.9. The van der Waals surface area contributed by atoms with Crippen LogP contribution in [0.2, 0.25) is 0 Å². The van der Waals surface area contributed by atoms with Gasteiger partial charge < -0.3 is 4.84 Å². The summed E-state index contributed by atoms with van der Waals surface area (Å²) in [6.07, 6.45) is 3.91. The van der Waals surface area contributed by atoms with Gasteiger partial charge in [-0.3, -0.25) is 4.79 Å². The van der Waals surface area contributed by atoms with Gasteiger partial charge in [-0.1, -0.05) is 68.7 Å². The molecule has 0 aromatic heterocycles. The van der Waals surface area contributed by atoms with E-state index in [4.69, 9.17) is 4.84 Å². The van der Waals surface area contributed by atoms with Crippen molar-refractivity contribution in [2.75, 3.05) is 0 Å². The van der Waals surface area contributed by atoms with Crippen molar-refractivity contribution in [3.63, 3.8) is 0 Å². The number of nitrogens with zero attached hydrogens (tertiary/aromatic N) is 1. The van der Waals surface area contributed by atoms with E-state index >= 15 is 0 Å². The molecule has 0 unspecified atom stereocenters. The lowest BCUT2D eigenvalue weighted by Gasteiger charge is -2.29. The molecular formula is C25H29NO3. The Kier molecular flexibility index (Phi) is 6.31. The number of rotatable bonds is 8. The van der Waals surface area contributed by atoms with Crippen LogP contribution in [0.4, 0.5) is 0 Å². The molecule has 0 bridgehead atoms. The van der Waals surface area contributed by atoms with E-state index in [0.29, 0.717) is 12.0 Å². The summed E-state index contributed by atoms with van der Waals surface area (Å²) < 4.78 is 0. The molecule has 0 spiro atoms. The van der Waals surface area contributed by atoms with Gasteiger partial charge in [0.05, 0.1) is 0 Å². The molecule has 152 valence electrons. The highest BCUT2D eigenvalue weighted by atomic mass is 16.7. The Balaban J connectivity index is 1.92. The molecular weight excluding hydrogens is 362 g/mol. The van der Waals surface area contributed by atoms with Crippen LogP contribution < -0.4 is 0 Å². The number of hydrogen-bond acceptors (Lipinski definition) is 4. The lowest BCUT2D eigenvalue weighted by Crippen LogP contribution is -2.23. The van der Waals surface area contributed by atoms with Crippen LogP contribution in [-0.2, 0) is 15.0 Å². The van der Waals surface area contributed by atoms with Crippen LogP contribution in [0.1, 0.15) is 81.3 Å². The first kappa shape index (κ1) is 21.0. The number of Topliss-reactive ketones (excluding diaryl/α,β-unsaturated/α-hetero) is 1. The maximum atomic E-state index is 12.9. The normalized spacial score (nSPS) is 14.3. The first-order chi connectivity index (χ1) is 14.0. The zero-order chi connectivity index (χ0) is 21.0. The molecule has 0 amide bonds. The standard InChI is InChI=1S/C25H29NO3/c1-5-8-13-23(27)29-26-17(4)24(28)18-14-15-20-19-11-9-10-12-21(19)25(6-2,7-3)22(20)16-18/h9-12,14-16H,5-8,13H2,1-4H3/b26-17+. The molecule has 1 aliphatic carbocycles. The van der Waals surface area contributed by atoms with Crippen LogP contribution in [0.25, 0.3) is 11.1 Å². The van der Waals surface area contributed by atoms with E-state index in [-0.39, 0.29) is 16.9 Å². The van der Waals surface area contributed by atoms with E-state index in [0.717, 1.165) is 25.7 Å². The summed E-state index contributed by atoms with van der Waals surface area (Å²) in [6, 6.07) is 14.4. The van der Waals surface area contributed by atoms with Crippen LogP contribution in [-0.4, -0.2) is 17.5 Å². The van der Waals surface area contributed by atoms with Crippen molar-refractivity contribution in [1.29, 1.82) is 0 Å². The van der Waals surface area contributed by atoms with E-state index in [1.54, 1.807) is 6.92 Å². The third-order valence-electron chi connectivity index (χ3n) is 6.08. The van der Waals surface area contributed by atoms with Crippen LogP contribution in [0, 0.1) is 0 Å². The van der Waals surface area contributed by atoms with Gasteiger partial charge in [0.15, 0.2) is 0 Å². The van der Waals surface area contributed by atoms with Gasteiger partial charge >= 0.3 is 5.97 Å². The summed E-state index contributed by atoms with van der Waals surface area (Å²) in [5.74, 6) is -0.618. The monoisotopic (exact) mass is 391 g/mol. The van der Waals surface area contributed by atoms with Crippen molar-refractivity contribution in [3.8, 4) is 11.1 Å². The Morgan fingerprint density at radius 3 is 2.34 bits per heavy atom. The molecule has 0 radical (unpaired) electrons. The Morgan fingerprint density at radius 2 is 1.66 bits per heavy atom. The smallest absolute Gasteiger partial charge is 0.318 e. The van der Waals surface area contributed by atoms with Gasteiger partial charge in [-0.2, -0.15) is 0 Å². The fraction of sp³-hybridized carbons (Fsp3) is 0.400. The zero-order valence-corrected chi connectivity index (χ0v) is 17.7. The molecule has 0 atom stereocenters. The first-order valence-electron chi connectivity index (χ1n) is 10.5. The summed E-state index contributed by atoms with van der Waals surface area (Å²) >= 11 is 0. The molecule has 0 heterocycles. The average molecular weight is 392 g/mol. The molecule has 0 aliphatic heterocycles. The molecule has 1 aliphatic rings. The number of carbonyl (C=O) groups excluding carboxylic acids is 2. The summed E-state index contributed by atoms with van der Waals surface area (Å²) in [5, 5.41) is 3.78. The fourth-order valence-electron chi connectivity index (χ4n) is 4.34. The second-order valence-electron chi connectivity index (χ2n) is 7.67. The van der Waals surface area contributed by atoms with Gasteiger partial charge in [-0.05, 0) is 54.5 Å². The van der Waals surface area contributed by atoms with E-state index in [2.05, 4.69) is 43.3 Å². The van der Waals surface area contributed by atoms with Crippen molar-refractivity contribution >= 4 is 17.5 Å². The average Bonchev–Trinajstić information content (AvgIpc) is 3.04. The number of carbonyl (C=O) groups is 2. The van der Waals surface area contributed by atoms with Crippen molar-refractivity contribution in [2.24, 2.45) is 5.16 Å². The number of ketones is 1. The van der Waals surface area contributed by atoms with Crippen LogP contribution in [0.3, 0.4) is 0 Å². The minimum Gasteiger partial charge on any atom is -0.318 e. The number of unbranched alkanes of at least 4 members (excludes halogenated alkanes) is 1. The van der Waals surface area contributed by atoms with Gasteiger partial charge in [0.25, 0.3) is 0 Å². The van der Waals surface area contributed by atoms with E-state index in [1.807, 2.05) is 25.1 Å². The maximum Gasteiger partial charge on any atom is 0.335 e. The van der Waals surface area contributed by atoms with E-state index < -0.39 is 5.97 Å². The molecule has 0 N–H and O–H groups in total. The lowest BCUT2D eigenvalue weighted by atomic mass is 9.73. The molecule has 4 heteroatoms. The van der Waals surface area contributed by atoms with Crippen LogP contribution in [0.15, 0.2) is 47.6 Å². The summed E-state index contributed by atoms with van der Waals surface area (Å²) in [5.41, 5.74) is 5.65. The molecule has 2 aromatic rings. The van der Waals surface area contributed by atoms with Crippen molar-refractivity contribution in [3.05, 3.63) is 59.2 Å². The Morgan fingerprint density at radius 1 is 0.966 bits per heavy atom. The molecule has 0 fully saturated rings. The molecule has 0 saturated heterocycles. The topological polar surface area (TPSA) is 55.7 Å². The number of benzene rings is 2. The number of hydrogen-bond donors (Lipinski definition) is 0. The van der Waals surface area contributed by atoms with Crippen molar-refractivity contribution in [1.82, 2.24) is 0 Å². The van der Waals surface area contributed by atoms with E-state index in [9.17, 15) is 9.59 Å². The van der Waals surface area contributed by atoms with E-state index in [1.165, 1.54) is 22.3 Å². The van der Waals surface area contributed by atoms with Crippen molar-refractivity contribution < 1.29 is 14.4 Å². The molecule has 0 saturated carbocycles. The van der Waals surface area contributed by atoms with Crippen LogP contribution >= 0.6 is 0 Å². The first-order valence-corrected chi connectivity index (χ1v) is 10.5. The Hall–Kier alpha value is -2.75. The van der Waals surface area contributed by atoms with Gasteiger partial charge in [0, 0.05) is 17.4 Å². The SMILES string of the molecule is CCCCC(=O)O/N=C(\C)C(=O)c1ccc2c(c1)C(CC)(CC)c1ccccc1-2. The van der Waals surface area contributed by atoms with Gasteiger partial charge in [-0.15, -0.1) is 0 Å². The third-order valence-corrected chi connectivity index (χ3v) is 6.08. The highest BCUT2D eigenvalue weighted by Crippen LogP contribution is 2.52. The summed E-state index contributed by atoms with van der Waals surface area (Å²) in [4.78, 5) is 29.5. The highest BCUT2D eigenvalue weighted by molar-refractivity contribution is 6.45. The summed E-state index contributed by atoms with van der Waals surface area (Å²) in [6.45, 7) is 7.99. The minimum atomic E-state index is -0.403. The van der Waals surface area contributed by atoms with Gasteiger partial charge in [0.2, 0.25) is 5.78 Å². The number of oxime groups is 1. The minimum absolute atomic E-state index is 0.0834. The third kappa shape index (κ3) is 3.76. The van der Waals surface area contributed by atoms with Crippen molar-refractivity contribution in [2.45, 2.75) is 65.2 Å². The predicted octanol–water partition coefficient (Wildman–Crippen LogP) is 6.07. The lowest BCUT2D eigenvalue weighted by molar-refractivity contribution is -0.143. The Bertz CT molecular complexity index is 954. The predicted molar refractivity (Wildman–Crippen MR) is 116 cm³/mol.